The number of carbonyl (C=O) groups is 1. The van der Waals surface area contributed by atoms with Crippen molar-refractivity contribution in [2.24, 2.45) is 0 Å². The van der Waals surface area contributed by atoms with Crippen molar-refractivity contribution >= 4 is 17.6 Å². The smallest absolute Gasteiger partial charge is 0.311 e. The van der Waals surface area contributed by atoms with E-state index in [4.69, 9.17) is 16.3 Å². The van der Waals surface area contributed by atoms with E-state index < -0.39 is 5.97 Å². The van der Waals surface area contributed by atoms with Crippen LogP contribution in [0.1, 0.15) is 12.6 Å². The number of H-pyrrole nitrogens is 1. The fourth-order valence-corrected chi connectivity index (χ4v) is 1.16. The van der Waals surface area contributed by atoms with Gasteiger partial charge in [0.1, 0.15) is 0 Å². The number of pyridine rings is 1. The second kappa shape index (κ2) is 4.81. The van der Waals surface area contributed by atoms with E-state index >= 15 is 0 Å². The number of esters is 1. The van der Waals surface area contributed by atoms with Gasteiger partial charge in [0, 0.05) is 11.8 Å². The van der Waals surface area contributed by atoms with Crippen LogP contribution in [0.15, 0.2) is 16.9 Å². The molecule has 0 radical (unpaired) electrons. The van der Waals surface area contributed by atoms with Crippen LogP contribution in [0.4, 0.5) is 0 Å². The molecule has 1 N–H and O–H groups in total. The minimum Gasteiger partial charge on any atom is -0.466 e. The molecule has 0 saturated carbocycles. The summed E-state index contributed by atoms with van der Waals surface area (Å²) in [5, 5.41) is 0.359. The quantitative estimate of drug-likeness (QED) is 0.770. The number of carbonyl (C=O) groups excluding carboxylic acids is 1. The average molecular weight is 216 g/mol. The molecular formula is C9H10ClNO3. The molecule has 14 heavy (non-hydrogen) atoms. The van der Waals surface area contributed by atoms with Gasteiger partial charge in [-0.1, -0.05) is 11.6 Å². The molecule has 4 nitrogen and oxygen atoms in total. The molecule has 0 fully saturated rings. The zero-order chi connectivity index (χ0) is 10.6. The Kier molecular flexibility index (Phi) is 3.71. The first kappa shape index (κ1) is 10.8. The topological polar surface area (TPSA) is 59.2 Å². The predicted octanol–water partition coefficient (Wildman–Crippen LogP) is 1.13. The van der Waals surface area contributed by atoms with Crippen molar-refractivity contribution in [3.8, 4) is 0 Å². The van der Waals surface area contributed by atoms with Crippen molar-refractivity contribution in [2.45, 2.75) is 13.3 Å². The van der Waals surface area contributed by atoms with Crippen molar-refractivity contribution in [2.75, 3.05) is 6.61 Å². The molecule has 0 aliphatic heterocycles. The van der Waals surface area contributed by atoms with E-state index in [0.29, 0.717) is 17.3 Å². The normalized spacial score (nSPS) is 9.86. The Balaban J connectivity index is 2.80. The van der Waals surface area contributed by atoms with Gasteiger partial charge < -0.3 is 9.72 Å². The molecule has 1 aromatic rings. The summed E-state index contributed by atoms with van der Waals surface area (Å²) < 4.78 is 4.72. The average Bonchev–Trinajstić information content (AvgIpc) is 2.12. The fraction of sp³-hybridized carbons (Fsp3) is 0.333. The van der Waals surface area contributed by atoms with Gasteiger partial charge in [0.05, 0.1) is 18.1 Å². The molecule has 5 heteroatoms. The molecule has 1 rings (SSSR count). The molecule has 1 aromatic heterocycles. The van der Waals surface area contributed by atoms with Crippen LogP contribution in [-0.2, 0) is 16.0 Å². The van der Waals surface area contributed by atoms with Crippen LogP contribution in [0.5, 0.6) is 0 Å². The lowest BCUT2D eigenvalue weighted by Gasteiger charge is -2.03. The Morgan fingerprint density at radius 3 is 2.93 bits per heavy atom. The first-order valence-corrected chi connectivity index (χ1v) is 4.54. The molecular weight excluding hydrogens is 206 g/mol. The Hall–Kier alpha value is -1.29. The number of aromatic amines is 1. The van der Waals surface area contributed by atoms with Crippen molar-refractivity contribution in [3.05, 3.63) is 33.2 Å². The maximum absolute atomic E-state index is 11.1. The van der Waals surface area contributed by atoms with E-state index in [2.05, 4.69) is 4.98 Å². The summed E-state index contributed by atoms with van der Waals surface area (Å²) in [4.78, 5) is 24.5. The third kappa shape index (κ3) is 2.88. The van der Waals surface area contributed by atoms with Gasteiger partial charge in [0.25, 0.3) is 0 Å². The number of rotatable bonds is 3. The highest BCUT2D eigenvalue weighted by molar-refractivity contribution is 6.31. The lowest BCUT2D eigenvalue weighted by atomic mass is 10.3. The number of aromatic nitrogens is 1. The molecule has 0 amide bonds. The molecule has 0 bridgehead atoms. The Morgan fingerprint density at radius 1 is 1.57 bits per heavy atom. The zero-order valence-corrected chi connectivity index (χ0v) is 8.43. The van der Waals surface area contributed by atoms with Crippen LogP contribution in [0, 0.1) is 0 Å². The summed E-state index contributed by atoms with van der Waals surface area (Å²) in [5.74, 6) is -0.406. The Morgan fingerprint density at radius 2 is 2.29 bits per heavy atom. The van der Waals surface area contributed by atoms with E-state index in [0.717, 1.165) is 0 Å². The summed E-state index contributed by atoms with van der Waals surface area (Å²) >= 11 is 5.76. The first-order chi connectivity index (χ1) is 6.63. The molecule has 0 atom stereocenters. The van der Waals surface area contributed by atoms with Crippen molar-refractivity contribution in [3.63, 3.8) is 0 Å². The van der Waals surface area contributed by atoms with E-state index in [1.807, 2.05) is 0 Å². The van der Waals surface area contributed by atoms with Gasteiger partial charge in [0.15, 0.2) is 0 Å². The van der Waals surface area contributed by atoms with Crippen LogP contribution in [-0.4, -0.2) is 17.6 Å². The SMILES string of the molecule is CCOC(=O)Cc1[nH]c(=O)ccc1Cl. The highest BCUT2D eigenvalue weighted by atomic mass is 35.5. The largest absolute Gasteiger partial charge is 0.466 e. The predicted molar refractivity (Wildman–Crippen MR) is 52.4 cm³/mol. The molecule has 0 aromatic carbocycles. The van der Waals surface area contributed by atoms with Crippen LogP contribution in [0.2, 0.25) is 5.02 Å². The second-order valence-corrected chi connectivity index (χ2v) is 3.04. The van der Waals surface area contributed by atoms with Crippen LogP contribution in [0.25, 0.3) is 0 Å². The lowest BCUT2D eigenvalue weighted by molar-refractivity contribution is -0.142. The minimum atomic E-state index is -0.406. The van der Waals surface area contributed by atoms with Crippen molar-refractivity contribution in [1.29, 1.82) is 0 Å². The number of hydrogen-bond acceptors (Lipinski definition) is 3. The first-order valence-electron chi connectivity index (χ1n) is 4.16. The van der Waals surface area contributed by atoms with Crippen LogP contribution in [0.3, 0.4) is 0 Å². The second-order valence-electron chi connectivity index (χ2n) is 2.63. The number of nitrogens with one attached hydrogen (secondary N) is 1. The molecule has 0 saturated heterocycles. The standard InChI is InChI=1S/C9H10ClNO3/c1-2-14-9(13)5-7-6(10)3-4-8(12)11-7/h3-4H,2,5H2,1H3,(H,11,12). The maximum atomic E-state index is 11.1. The molecule has 0 aliphatic rings. The molecule has 0 aliphatic carbocycles. The molecule has 0 unspecified atom stereocenters. The lowest BCUT2D eigenvalue weighted by Crippen LogP contribution is -2.13. The van der Waals surface area contributed by atoms with Gasteiger partial charge in [0.2, 0.25) is 5.56 Å². The number of halogens is 1. The monoisotopic (exact) mass is 215 g/mol. The summed E-state index contributed by atoms with van der Waals surface area (Å²) in [5.41, 5.74) is 0.103. The summed E-state index contributed by atoms with van der Waals surface area (Å²) in [6.45, 7) is 2.03. The summed E-state index contributed by atoms with van der Waals surface area (Å²) in [7, 11) is 0. The highest BCUT2D eigenvalue weighted by Crippen LogP contribution is 2.11. The number of ether oxygens (including phenoxy) is 1. The Labute approximate surface area is 85.9 Å². The van der Waals surface area contributed by atoms with Crippen LogP contribution >= 0.6 is 11.6 Å². The maximum Gasteiger partial charge on any atom is 0.311 e. The van der Waals surface area contributed by atoms with Gasteiger partial charge in [-0.3, -0.25) is 9.59 Å². The third-order valence-corrected chi connectivity index (χ3v) is 1.92. The molecule has 76 valence electrons. The Bertz CT molecular complexity index is 386. The molecule has 0 spiro atoms. The fourth-order valence-electron chi connectivity index (χ4n) is 0.985. The number of hydrogen-bond donors (Lipinski definition) is 1. The molecule has 1 heterocycles. The van der Waals surface area contributed by atoms with Gasteiger partial charge in [-0.05, 0) is 13.0 Å². The van der Waals surface area contributed by atoms with E-state index in [1.54, 1.807) is 6.92 Å². The van der Waals surface area contributed by atoms with Gasteiger partial charge in [-0.2, -0.15) is 0 Å². The van der Waals surface area contributed by atoms with Gasteiger partial charge >= 0.3 is 5.97 Å². The van der Waals surface area contributed by atoms with Crippen molar-refractivity contribution < 1.29 is 9.53 Å². The van der Waals surface area contributed by atoms with E-state index in [-0.39, 0.29) is 12.0 Å². The van der Waals surface area contributed by atoms with Crippen LogP contribution < -0.4 is 5.56 Å². The van der Waals surface area contributed by atoms with E-state index in [9.17, 15) is 9.59 Å². The van der Waals surface area contributed by atoms with E-state index in [1.165, 1.54) is 12.1 Å². The van der Waals surface area contributed by atoms with Gasteiger partial charge in [-0.25, -0.2) is 0 Å². The highest BCUT2D eigenvalue weighted by Gasteiger charge is 2.08. The summed E-state index contributed by atoms with van der Waals surface area (Å²) in [6.07, 6.45) is -0.0112. The third-order valence-electron chi connectivity index (χ3n) is 1.57. The zero-order valence-electron chi connectivity index (χ0n) is 7.67. The van der Waals surface area contributed by atoms with Gasteiger partial charge in [-0.15, -0.1) is 0 Å². The summed E-state index contributed by atoms with van der Waals surface area (Å²) in [6, 6.07) is 2.76. The minimum absolute atomic E-state index is 0.0112. The van der Waals surface area contributed by atoms with Crippen molar-refractivity contribution in [1.82, 2.24) is 4.98 Å².